The number of hydrogen-bond acceptors (Lipinski definition) is 4. The van der Waals surface area contributed by atoms with E-state index in [1.807, 2.05) is 0 Å². The maximum absolute atomic E-state index is 11.7. The van der Waals surface area contributed by atoms with Gasteiger partial charge >= 0.3 is 0 Å². The van der Waals surface area contributed by atoms with Crippen molar-refractivity contribution in [3.05, 3.63) is 29.3 Å². The second-order valence-electron chi connectivity index (χ2n) is 3.81. The molecule has 0 aliphatic heterocycles. The van der Waals surface area contributed by atoms with Crippen molar-refractivity contribution in [2.75, 3.05) is 24.2 Å². The summed E-state index contributed by atoms with van der Waals surface area (Å²) in [4.78, 5) is 0.229. The van der Waals surface area contributed by atoms with Gasteiger partial charge in [0, 0.05) is 12.7 Å². The van der Waals surface area contributed by atoms with Crippen LogP contribution < -0.4 is 10.5 Å². The van der Waals surface area contributed by atoms with E-state index < -0.39 is 10.0 Å². The lowest BCUT2D eigenvalue weighted by atomic mass is 10.1. The summed E-state index contributed by atoms with van der Waals surface area (Å²) in [7, 11) is -1.97. The number of benzene rings is 1. The molecule has 1 aromatic carbocycles. The number of methoxy groups -OCH3 is 1. The van der Waals surface area contributed by atoms with Gasteiger partial charge in [-0.15, -0.1) is 0 Å². The Kier molecular flexibility index (Phi) is 5.06. The van der Waals surface area contributed by atoms with E-state index in [4.69, 9.17) is 22.7 Å². The van der Waals surface area contributed by atoms with E-state index in [-0.39, 0.29) is 17.3 Å². The SMILES string of the molecule is COCCS(=O)(=O)Nc1cc(C(N)=S)ccc1C. The van der Waals surface area contributed by atoms with Crippen LogP contribution in [0.3, 0.4) is 0 Å². The molecule has 0 aliphatic carbocycles. The van der Waals surface area contributed by atoms with Crippen LogP contribution in [0.4, 0.5) is 5.69 Å². The molecule has 0 aromatic heterocycles. The van der Waals surface area contributed by atoms with Crippen molar-refractivity contribution >= 4 is 32.9 Å². The summed E-state index contributed by atoms with van der Waals surface area (Å²) < 4.78 is 30.7. The Morgan fingerprint density at radius 2 is 2.17 bits per heavy atom. The number of anilines is 1. The molecular weight excluding hydrogens is 272 g/mol. The van der Waals surface area contributed by atoms with Gasteiger partial charge in [-0.3, -0.25) is 4.72 Å². The predicted octanol–water partition coefficient (Wildman–Crippen LogP) is 1.02. The summed E-state index contributed by atoms with van der Waals surface area (Å²) in [6, 6.07) is 5.15. The number of hydrogen-bond donors (Lipinski definition) is 2. The second kappa shape index (κ2) is 6.12. The van der Waals surface area contributed by atoms with E-state index in [1.165, 1.54) is 7.11 Å². The van der Waals surface area contributed by atoms with Gasteiger partial charge in [-0.2, -0.15) is 0 Å². The average molecular weight is 288 g/mol. The minimum absolute atomic E-state index is 0.0970. The van der Waals surface area contributed by atoms with Gasteiger partial charge in [0.1, 0.15) is 4.99 Å². The third-order valence-corrected chi connectivity index (χ3v) is 3.81. The molecule has 1 rings (SSSR count). The summed E-state index contributed by atoms with van der Waals surface area (Å²) in [6.07, 6.45) is 0. The largest absolute Gasteiger partial charge is 0.389 e. The van der Waals surface area contributed by atoms with E-state index in [2.05, 4.69) is 4.72 Å². The molecule has 0 amide bonds. The van der Waals surface area contributed by atoms with Crippen molar-refractivity contribution in [3.63, 3.8) is 0 Å². The molecule has 3 N–H and O–H groups in total. The molecule has 1 aromatic rings. The first kappa shape index (κ1) is 14.9. The topological polar surface area (TPSA) is 81.4 Å². The van der Waals surface area contributed by atoms with Crippen LogP contribution in [0.2, 0.25) is 0 Å². The van der Waals surface area contributed by atoms with Gasteiger partial charge in [-0.25, -0.2) is 8.42 Å². The Morgan fingerprint density at radius 1 is 1.50 bits per heavy atom. The highest BCUT2D eigenvalue weighted by Gasteiger charge is 2.12. The molecule has 0 spiro atoms. The highest BCUT2D eigenvalue weighted by molar-refractivity contribution is 7.92. The van der Waals surface area contributed by atoms with Crippen LogP contribution in [0.5, 0.6) is 0 Å². The van der Waals surface area contributed by atoms with Crippen molar-refractivity contribution in [1.82, 2.24) is 0 Å². The van der Waals surface area contributed by atoms with Crippen LogP contribution in [-0.2, 0) is 14.8 Å². The fraction of sp³-hybridized carbons (Fsp3) is 0.364. The monoisotopic (exact) mass is 288 g/mol. The van der Waals surface area contributed by atoms with E-state index in [9.17, 15) is 8.42 Å². The number of sulfonamides is 1. The van der Waals surface area contributed by atoms with Crippen LogP contribution >= 0.6 is 12.2 Å². The van der Waals surface area contributed by atoms with Crippen LogP contribution in [0, 0.1) is 6.92 Å². The number of ether oxygens (including phenoxy) is 1. The predicted molar refractivity (Wildman–Crippen MR) is 76.4 cm³/mol. The van der Waals surface area contributed by atoms with Gasteiger partial charge in [0.15, 0.2) is 0 Å². The summed E-state index contributed by atoms with van der Waals surface area (Å²) in [5.74, 6) is -0.0970. The summed E-state index contributed by atoms with van der Waals surface area (Å²) in [6.45, 7) is 1.95. The molecule has 0 saturated carbocycles. The van der Waals surface area contributed by atoms with E-state index in [1.54, 1.807) is 25.1 Å². The molecule has 0 bridgehead atoms. The Morgan fingerprint density at radius 3 is 2.72 bits per heavy atom. The maximum Gasteiger partial charge on any atom is 0.235 e. The molecule has 5 nitrogen and oxygen atoms in total. The number of rotatable bonds is 6. The maximum atomic E-state index is 11.7. The molecule has 0 radical (unpaired) electrons. The fourth-order valence-electron chi connectivity index (χ4n) is 1.30. The lowest BCUT2D eigenvalue weighted by Gasteiger charge is -2.11. The normalized spacial score (nSPS) is 11.2. The van der Waals surface area contributed by atoms with E-state index in [0.29, 0.717) is 11.3 Å². The van der Waals surface area contributed by atoms with Crippen LogP contribution in [0.1, 0.15) is 11.1 Å². The minimum Gasteiger partial charge on any atom is -0.389 e. The van der Waals surface area contributed by atoms with E-state index >= 15 is 0 Å². The molecule has 0 fully saturated rings. The molecule has 0 saturated heterocycles. The number of nitrogens with one attached hydrogen (secondary N) is 1. The number of thiocarbonyl (C=S) groups is 1. The highest BCUT2D eigenvalue weighted by Crippen LogP contribution is 2.18. The van der Waals surface area contributed by atoms with Gasteiger partial charge in [0.05, 0.1) is 18.0 Å². The zero-order valence-corrected chi connectivity index (χ0v) is 11.9. The Balaban J connectivity index is 2.96. The molecule has 0 aliphatic rings. The number of aryl methyl sites for hydroxylation is 1. The standard InChI is InChI=1S/C11H16N2O3S2/c1-8-3-4-9(11(12)17)7-10(8)13-18(14,15)6-5-16-2/h3-4,7,13H,5-6H2,1-2H3,(H2,12,17). The summed E-state index contributed by atoms with van der Waals surface area (Å²) in [5.41, 5.74) is 7.42. The Labute approximate surface area is 112 Å². The second-order valence-corrected chi connectivity index (χ2v) is 6.09. The summed E-state index contributed by atoms with van der Waals surface area (Å²) in [5, 5.41) is 0. The molecule has 100 valence electrons. The molecule has 18 heavy (non-hydrogen) atoms. The van der Waals surface area contributed by atoms with Crippen molar-refractivity contribution in [3.8, 4) is 0 Å². The lowest BCUT2D eigenvalue weighted by molar-refractivity contribution is 0.217. The summed E-state index contributed by atoms with van der Waals surface area (Å²) >= 11 is 4.86. The van der Waals surface area contributed by atoms with Gasteiger partial charge in [-0.05, 0) is 18.6 Å². The lowest BCUT2D eigenvalue weighted by Crippen LogP contribution is -2.20. The third kappa shape index (κ3) is 4.25. The van der Waals surface area contributed by atoms with Crippen molar-refractivity contribution < 1.29 is 13.2 Å². The highest BCUT2D eigenvalue weighted by atomic mass is 32.2. The first-order valence-electron chi connectivity index (χ1n) is 5.25. The zero-order valence-electron chi connectivity index (χ0n) is 10.3. The Bertz CT molecular complexity index is 541. The number of nitrogens with two attached hydrogens (primary N) is 1. The van der Waals surface area contributed by atoms with Crippen LogP contribution in [-0.4, -0.2) is 32.9 Å². The smallest absolute Gasteiger partial charge is 0.235 e. The molecule has 0 heterocycles. The van der Waals surface area contributed by atoms with Crippen LogP contribution in [0.25, 0.3) is 0 Å². The first-order valence-corrected chi connectivity index (χ1v) is 7.31. The fourth-order valence-corrected chi connectivity index (χ4v) is 2.47. The third-order valence-electron chi connectivity index (χ3n) is 2.34. The van der Waals surface area contributed by atoms with Crippen molar-refractivity contribution in [2.45, 2.75) is 6.92 Å². The van der Waals surface area contributed by atoms with Crippen molar-refractivity contribution in [1.29, 1.82) is 0 Å². The van der Waals surface area contributed by atoms with Gasteiger partial charge in [0.2, 0.25) is 10.0 Å². The molecule has 0 unspecified atom stereocenters. The Hall–Kier alpha value is -1.18. The quantitative estimate of drug-likeness (QED) is 0.764. The van der Waals surface area contributed by atoms with E-state index in [0.717, 1.165) is 5.56 Å². The van der Waals surface area contributed by atoms with Crippen LogP contribution in [0.15, 0.2) is 18.2 Å². The van der Waals surface area contributed by atoms with Gasteiger partial charge in [0.25, 0.3) is 0 Å². The first-order chi connectivity index (χ1) is 8.35. The van der Waals surface area contributed by atoms with Crippen molar-refractivity contribution in [2.24, 2.45) is 5.73 Å². The van der Waals surface area contributed by atoms with Gasteiger partial charge in [-0.1, -0.05) is 24.4 Å². The van der Waals surface area contributed by atoms with Gasteiger partial charge < -0.3 is 10.5 Å². The average Bonchev–Trinajstić information content (AvgIpc) is 2.29. The zero-order chi connectivity index (χ0) is 13.8. The molecular formula is C11H16N2O3S2. The molecule has 7 heteroatoms. The molecule has 0 atom stereocenters. The minimum atomic E-state index is -3.42.